The smallest absolute Gasteiger partial charge is 0.164 e. The van der Waals surface area contributed by atoms with Crippen LogP contribution in [0.15, 0.2) is 437 Å². The molecule has 0 aliphatic heterocycles. The van der Waals surface area contributed by atoms with Crippen LogP contribution < -0.4 is 0 Å². The molecule has 0 spiro atoms. The fraction of sp³-hybridized carbons (Fsp3) is 0. The van der Waals surface area contributed by atoms with Crippen molar-refractivity contribution >= 4 is 64.9 Å². The van der Waals surface area contributed by atoms with E-state index in [-0.39, 0.29) is 0 Å². The van der Waals surface area contributed by atoms with Gasteiger partial charge in [-0.1, -0.05) is 406 Å². The second-order valence-corrected chi connectivity index (χ2v) is 30.1. The van der Waals surface area contributed by atoms with Gasteiger partial charge in [-0.2, -0.15) is 0 Å². The predicted molar refractivity (Wildman–Crippen MR) is 496 cm³/mol. The molecule has 4 heterocycles. The maximum Gasteiger partial charge on any atom is 0.164 e. The minimum atomic E-state index is 0.627. The Morgan fingerprint density at radius 3 is 0.850 bits per heavy atom. The zero-order chi connectivity index (χ0) is 79.7. The molecule has 0 saturated carbocycles. The minimum absolute atomic E-state index is 0.627. The molecule has 0 N–H and O–H groups in total. The first-order valence-corrected chi connectivity index (χ1v) is 40.4. The van der Waals surface area contributed by atoms with E-state index in [1.54, 1.807) is 0 Å². The molecule has 0 amide bonds. The lowest BCUT2D eigenvalue weighted by Crippen LogP contribution is -2.00. The Hall–Kier alpha value is -16.2. The first-order chi connectivity index (χ1) is 59.4. The molecule has 0 radical (unpaired) electrons. The first-order valence-electron chi connectivity index (χ1n) is 40.4. The van der Waals surface area contributed by atoms with E-state index in [0.29, 0.717) is 34.9 Å². The summed E-state index contributed by atoms with van der Waals surface area (Å²) in [6.45, 7) is 0. The quantitative estimate of drug-likeness (QED) is 0.0992. The number of rotatable bonds is 14. The third-order valence-corrected chi connectivity index (χ3v) is 22.6. The van der Waals surface area contributed by atoms with Crippen LogP contribution in [0.25, 0.3) is 222 Å². The van der Waals surface area contributed by atoms with Crippen molar-refractivity contribution in [3.63, 3.8) is 0 Å². The van der Waals surface area contributed by atoms with Gasteiger partial charge in [0, 0.05) is 71.4 Å². The van der Waals surface area contributed by atoms with Gasteiger partial charge in [0.2, 0.25) is 0 Å². The number of hydrogen-bond donors (Lipinski definition) is 0. The molecule has 0 fully saturated rings. The Bertz CT molecular complexity index is 7580. The van der Waals surface area contributed by atoms with Crippen molar-refractivity contribution in [2.45, 2.75) is 0 Å². The highest BCUT2D eigenvalue weighted by Gasteiger charge is 2.20. The van der Waals surface area contributed by atoms with Gasteiger partial charge in [-0.3, -0.25) is 0 Å². The molecule has 8 nitrogen and oxygen atoms in total. The summed E-state index contributed by atoms with van der Waals surface area (Å²) in [5, 5.41) is 11.9. The molecule has 18 aromatic carbocycles. The van der Waals surface area contributed by atoms with Gasteiger partial charge < -0.3 is 0 Å². The topological polar surface area (TPSA) is 103 Å². The van der Waals surface area contributed by atoms with Gasteiger partial charge in [0.25, 0.3) is 0 Å². The van der Waals surface area contributed by atoms with Crippen LogP contribution >= 0.6 is 0 Å². The summed E-state index contributed by atoms with van der Waals surface area (Å²) in [6.07, 6.45) is 0. The Morgan fingerprint density at radius 2 is 0.400 bits per heavy atom. The third-order valence-electron chi connectivity index (χ3n) is 22.6. The van der Waals surface area contributed by atoms with Gasteiger partial charge in [-0.05, 0) is 124 Å². The summed E-state index contributed by atoms with van der Waals surface area (Å²) in [4.78, 5) is 40.7. The van der Waals surface area contributed by atoms with Crippen LogP contribution in [0.1, 0.15) is 0 Å². The Balaban J connectivity index is 0.000000148. The third kappa shape index (κ3) is 14.2. The van der Waals surface area contributed by atoms with E-state index in [0.717, 1.165) is 128 Å². The Morgan fingerprint density at radius 1 is 0.125 bits per heavy atom. The molecule has 120 heavy (non-hydrogen) atoms. The number of para-hydroxylation sites is 1. The second-order valence-electron chi connectivity index (χ2n) is 30.1. The van der Waals surface area contributed by atoms with Crippen molar-refractivity contribution in [3.8, 4) is 158 Å². The molecule has 560 valence electrons. The molecule has 0 bridgehead atoms. The van der Waals surface area contributed by atoms with Crippen LogP contribution in [0.5, 0.6) is 0 Å². The lowest BCUT2D eigenvalue weighted by molar-refractivity contribution is 1.07. The molecular weight excluding hydrogens is 1460 g/mol. The largest absolute Gasteiger partial charge is 0.247 e. The molecule has 4 aromatic heterocycles. The van der Waals surface area contributed by atoms with Gasteiger partial charge in [-0.15, -0.1) is 0 Å². The van der Waals surface area contributed by atoms with Crippen LogP contribution in [0.4, 0.5) is 0 Å². The van der Waals surface area contributed by atoms with Crippen LogP contribution in [0.2, 0.25) is 0 Å². The van der Waals surface area contributed by atoms with Crippen molar-refractivity contribution in [1.82, 2.24) is 39.9 Å². The number of benzene rings is 18. The van der Waals surface area contributed by atoms with E-state index >= 15 is 0 Å². The lowest BCUT2D eigenvalue weighted by Gasteiger charge is -2.13. The summed E-state index contributed by atoms with van der Waals surface area (Å²) in [5.41, 5.74) is 25.4. The zero-order valence-corrected chi connectivity index (χ0v) is 65.1. The lowest BCUT2D eigenvalue weighted by atomic mass is 9.94. The summed E-state index contributed by atoms with van der Waals surface area (Å²) >= 11 is 0. The molecule has 0 aliphatic carbocycles. The monoisotopic (exact) mass is 1530 g/mol. The molecular formula is C112H72N8. The van der Waals surface area contributed by atoms with Gasteiger partial charge >= 0.3 is 0 Å². The normalized spacial score (nSPS) is 11.3. The summed E-state index contributed by atoms with van der Waals surface area (Å²) < 4.78 is 0. The maximum atomic E-state index is 5.34. The average Bonchev–Trinajstić information content (AvgIpc) is 0.755. The summed E-state index contributed by atoms with van der Waals surface area (Å²) in [6, 6.07) is 153. The minimum Gasteiger partial charge on any atom is -0.247 e. The maximum absolute atomic E-state index is 5.34. The zero-order valence-electron chi connectivity index (χ0n) is 65.1. The fourth-order valence-electron chi connectivity index (χ4n) is 16.5. The highest BCUT2D eigenvalue weighted by Crippen LogP contribution is 2.42. The second kappa shape index (κ2) is 31.6. The van der Waals surface area contributed by atoms with Gasteiger partial charge in [0.05, 0.1) is 22.4 Å². The number of fused-ring (bicyclic) bond motifs is 10. The van der Waals surface area contributed by atoms with Crippen molar-refractivity contribution in [3.05, 3.63) is 437 Å². The van der Waals surface area contributed by atoms with E-state index in [9.17, 15) is 0 Å². The number of hydrogen-bond acceptors (Lipinski definition) is 8. The van der Waals surface area contributed by atoms with Gasteiger partial charge in [0.1, 0.15) is 0 Å². The van der Waals surface area contributed by atoms with E-state index in [1.165, 1.54) is 59.6 Å². The van der Waals surface area contributed by atoms with E-state index in [4.69, 9.17) is 39.9 Å². The summed E-state index contributed by atoms with van der Waals surface area (Å²) in [5.74, 6) is 3.80. The van der Waals surface area contributed by atoms with Crippen LogP contribution in [0, 0.1) is 0 Å². The molecule has 22 rings (SSSR count). The first kappa shape index (κ1) is 71.6. The highest BCUT2D eigenvalue weighted by atomic mass is 15.0. The van der Waals surface area contributed by atoms with Crippen LogP contribution in [0.3, 0.4) is 0 Å². The molecule has 0 atom stereocenters. The fourth-order valence-corrected chi connectivity index (χ4v) is 16.5. The number of nitrogens with zero attached hydrogens (tertiary/aromatic N) is 8. The molecule has 0 aliphatic rings. The Labute approximate surface area is 694 Å². The SMILES string of the molecule is c1ccc(-c2ccc(-c3nc(-c4ccccc4)nc(-c4cccc(-c5cccc(-c6ccc(-c7nc8c9ccccc9ccc8c8ccccc78)cc6)c5)c4)n3)cc2)cc1.c1ccc(-c2ccc(-c3nc(-c4ccccc4)nc(-c4cccc(-c5cccc(-c6ccc(-c7nc8ccccc8c8ccc9ccccc9c78)cc6)c5)c4)n3)cc2)cc1. The molecule has 0 saturated heterocycles. The highest BCUT2D eigenvalue weighted by molar-refractivity contribution is 6.21. The average molecular weight is 1530 g/mol. The number of pyridine rings is 2. The van der Waals surface area contributed by atoms with E-state index in [2.05, 4.69) is 364 Å². The van der Waals surface area contributed by atoms with Crippen LogP contribution in [-0.4, -0.2) is 39.9 Å². The van der Waals surface area contributed by atoms with Gasteiger partial charge in [-0.25, -0.2) is 39.9 Å². The van der Waals surface area contributed by atoms with Crippen molar-refractivity contribution < 1.29 is 0 Å². The molecule has 0 unspecified atom stereocenters. The number of aromatic nitrogens is 8. The standard InChI is InChI=1S/2C56H36N4/c1-3-13-37(14-4-1)38-27-31-43(32-28-38)55-58-54(42-16-5-2-6-17-42)59-56(60-55)47-21-12-20-46(36-47)45-19-11-18-44(35-45)39-25-29-41(30-26-39)53-52-48-22-8-7-15-40(48)33-34-50(52)49-23-9-10-24-51(49)57-53;1-3-13-37(14-4-1)38-27-31-43(32-28-38)55-58-54(42-16-5-2-6-17-42)59-56(60-55)47-21-12-20-46(36-47)45-19-11-18-44(35-45)39-25-29-41(30-26-39)52-50-24-10-9-23-49(50)51-34-33-40-15-7-8-22-48(40)53(51)57-52/h2*1-36H. The van der Waals surface area contributed by atoms with Crippen LogP contribution in [-0.2, 0) is 0 Å². The molecule has 22 aromatic rings. The van der Waals surface area contributed by atoms with Gasteiger partial charge in [0.15, 0.2) is 34.9 Å². The van der Waals surface area contributed by atoms with Crippen molar-refractivity contribution in [2.75, 3.05) is 0 Å². The summed E-state index contributed by atoms with van der Waals surface area (Å²) in [7, 11) is 0. The van der Waals surface area contributed by atoms with E-state index in [1.807, 2.05) is 72.8 Å². The van der Waals surface area contributed by atoms with Crippen molar-refractivity contribution in [1.29, 1.82) is 0 Å². The van der Waals surface area contributed by atoms with E-state index < -0.39 is 0 Å². The Kier molecular flexibility index (Phi) is 18.8. The van der Waals surface area contributed by atoms with Crippen molar-refractivity contribution in [2.24, 2.45) is 0 Å². The predicted octanol–water partition coefficient (Wildman–Crippen LogP) is 28.8. The molecule has 8 heteroatoms.